The van der Waals surface area contributed by atoms with Crippen LogP contribution in [-0.4, -0.2) is 41.3 Å². The van der Waals surface area contributed by atoms with Crippen molar-refractivity contribution in [2.24, 2.45) is 0 Å². The Morgan fingerprint density at radius 2 is 1.96 bits per heavy atom. The summed E-state index contributed by atoms with van der Waals surface area (Å²) in [5.41, 5.74) is 1.42. The number of anilines is 2. The molecular weight excluding hydrogens is 371 g/mol. The quantitative estimate of drug-likeness (QED) is 0.781. The first-order valence-corrected chi connectivity index (χ1v) is 10.2. The minimum absolute atomic E-state index is 0.0285. The van der Waals surface area contributed by atoms with Crippen LogP contribution >= 0.6 is 0 Å². The Kier molecular flexibility index (Phi) is 5.86. The number of nitrogens with zero attached hydrogens (tertiary/aromatic N) is 1. The summed E-state index contributed by atoms with van der Waals surface area (Å²) in [6.07, 6.45) is 1.19. The monoisotopic (exact) mass is 394 g/mol. The van der Waals surface area contributed by atoms with Crippen LogP contribution in [0.5, 0.6) is 5.75 Å². The summed E-state index contributed by atoms with van der Waals surface area (Å²) in [7, 11) is -2.19. The Bertz CT molecular complexity index is 887. The Labute approximate surface area is 159 Å². The van der Waals surface area contributed by atoms with Crippen LogP contribution in [0.25, 0.3) is 0 Å². The van der Waals surface area contributed by atoms with E-state index in [2.05, 4.69) is 9.62 Å². The van der Waals surface area contributed by atoms with Gasteiger partial charge in [0.2, 0.25) is 0 Å². The van der Waals surface area contributed by atoms with Gasteiger partial charge in [0.1, 0.15) is 0 Å². The maximum Gasteiger partial charge on any atom is 0.262 e. The number of hydrogen-bond donors (Lipinski definition) is 1. The molecule has 0 spiro atoms. The van der Waals surface area contributed by atoms with Crippen LogP contribution in [-0.2, 0) is 14.8 Å². The Balaban J connectivity index is 1.71. The maximum atomic E-state index is 14.0. The van der Waals surface area contributed by atoms with Gasteiger partial charge in [0.25, 0.3) is 10.0 Å². The molecule has 0 aliphatic carbocycles. The van der Waals surface area contributed by atoms with Crippen LogP contribution in [0.4, 0.5) is 15.8 Å². The van der Waals surface area contributed by atoms with Crippen LogP contribution in [0.15, 0.2) is 47.4 Å². The molecule has 6 nitrogen and oxygen atoms in total. The lowest BCUT2D eigenvalue weighted by molar-refractivity contribution is 0.121. The van der Waals surface area contributed by atoms with Crippen molar-refractivity contribution in [1.29, 1.82) is 0 Å². The number of halogens is 1. The van der Waals surface area contributed by atoms with Crippen molar-refractivity contribution in [3.8, 4) is 5.75 Å². The van der Waals surface area contributed by atoms with Crippen LogP contribution < -0.4 is 14.4 Å². The fourth-order valence-electron chi connectivity index (χ4n) is 3.03. The standard InChI is InChI=1S/C19H23FN2O4S/c1-3-26-19-9-8-17(12-18(19)20)27(23,24)21-14-4-6-15(7-5-14)22-11-10-16(13-22)25-2/h4-9,12,16,21H,3,10-11,13H2,1-2H3/t16-/m0/s1. The van der Waals surface area contributed by atoms with Gasteiger partial charge in [-0.25, -0.2) is 12.8 Å². The Morgan fingerprint density at radius 3 is 2.56 bits per heavy atom. The van der Waals surface area contributed by atoms with E-state index >= 15 is 0 Å². The second-order valence-corrected chi connectivity index (χ2v) is 7.95. The molecule has 2 aromatic carbocycles. The number of hydrogen-bond acceptors (Lipinski definition) is 5. The number of benzene rings is 2. The number of rotatable bonds is 7. The molecule has 0 radical (unpaired) electrons. The molecule has 2 aromatic rings. The number of methoxy groups -OCH3 is 1. The highest BCUT2D eigenvalue weighted by Gasteiger charge is 2.22. The molecule has 146 valence electrons. The summed E-state index contributed by atoms with van der Waals surface area (Å²) in [6, 6.07) is 10.7. The molecule has 3 rings (SSSR count). The third kappa shape index (κ3) is 4.51. The Morgan fingerprint density at radius 1 is 1.22 bits per heavy atom. The summed E-state index contributed by atoms with van der Waals surface area (Å²) in [6.45, 7) is 3.74. The highest BCUT2D eigenvalue weighted by atomic mass is 32.2. The van der Waals surface area contributed by atoms with Gasteiger partial charge in [-0.05, 0) is 55.8 Å². The lowest BCUT2D eigenvalue weighted by atomic mass is 10.2. The topological polar surface area (TPSA) is 67.9 Å². The zero-order valence-electron chi connectivity index (χ0n) is 15.3. The fraction of sp³-hybridized carbons (Fsp3) is 0.368. The molecule has 1 saturated heterocycles. The van der Waals surface area contributed by atoms with Gasteiger partial charge in [-0.1, -0.05) is 0 Å². The molecule has 1 atom stereocenters. The van der Waals surface area contributed by atoms with Crippen molar-refractivity contribution >= 4 is 21.4 Å². The summed E-state index contributed by atoms with van der Waals surface area (Å²) in [5, 5.41) is 0. The van der Waals surface area contributed by atoms with Crippen molar-refractivity contribution < 1.29 is 22.3 Å². The molecule has 8 heteroatoms. The first-order valence-electron chi connectivity index (χ1n) is 8.76. The fourth-order valence-corrected chi connectivity index (χ4v) is 4.10. The number of nitrogens with one attached hydrogen (secondary N) is 1. The molecule has 0 saturated carbocycles. The summed E-state index contributed by atoms with van der Waals surface area (Å²) < 4.78 is 51.9. The van der Waals surface area contributed by atoms with E-state index in [0.717, 1.165) is 31.3 Å². The second kappa shape index (κ2) is 8.14. The Hall–Kier alpha value is -2.32. The minimum Gasteiger partial charge on any atom is -0.491 e. The van der Waals surface area contributed by atoms with Gasteiger partial charge in [0, 0.05) is 31.6 Å². The molecule has 1 N–H and O–H groups in total. The molecule has 1 heterocycles. The van der Waals surface area contributed by atoms with Crippen molar-refractivity contribution in [2.75, 3.05) is 36.4 Å². The van der Waals surface area contributed by atoms with E-state index < -0.39 is 15.8 Å². The van der Waals surface area contributed by atoms with E-state index in [0.29, 0.717) is 12.3 Å². The van der Waals surface area contributed by atoms with Crippen molar-refractivity contribution in [3.05, 3.63) is 48.3 Å². The molecule has 1 fully saturated rings. The molecule has 0 unspecified atom stereocenters. The summed E-state index contributed by atoms with van der Waals surface area (Å²) in [5.74, 6) is -0.683. The van der Waals surface area contributed by atoms with E-state index in [-0.39, 0.29) is 16.7 Å². The zero-order valence-corrected chi connectivity index (χ0v) is 16.1. The van der Waals surface area contributed by atoms with E-state index in [1.807, 2.05) is 12.1 Å². The predicted octanol–water partition coefficient (Wildman–Crippen LogP) is 3.25. The van der Waals surface area contributed by atoms with Crippen molar-refractivity contribution in [1.82, 2.24) is 0 Å². The van der Waals surface area contributed by atoms with Crippen LogP contribution in [0.3, 0.4) is 0 Å². The van der Waals surface area contributed by atoms with E-state index in [1.165, 1.54) is 12.1 Å². The number of ether oxygens (including phenoxy) is 2. The first-order chi connectivity index (χ1) is 12.9. The molecule has 0 amide bonds. The predicted molar refractivity (Wildman–Crippen MR) is 102 cm³/mol. The third-order valence-corrected chi connectivity index (χ3v) is 5.86. The molecule has 0 aromatic heterocycles. The normalized spacial score (nSPS) is 17.1. The van der Waals surface area contributed by atoms with Gasteiger partial charge >= 0.3 is 0 Å². The smallest absolute Gasteiger partial charge is 0.262 e. The SMILES string of the molecule is CCOc1ccc(S(=O)(=O)Nc2ccc(N3CC[C@H](OC)C3)cc2)cc1F. The van der Waals surface area contributed by atoms with Crippen LogP contribution in [0.2, 0.25) is 0 Å². The average molecular weight is 394 g/mol. The van der Waals surface area contributed by atoms with Gasteiger partial charge in [0.15, 0.2) is 11.6 Å². The van der Waals surface area contributed by atoms with Gasteiger partial charge in [-0.3, -0.25) is 4.72 Å². The lowest BCUT2D eigenvalue weighted by Crippen LogP contribution is -2.22. The van der Waals surface area contributed by atoms with Gasteiger partial charge in [0.05, 0.1) is 17.6 Å². The van der Waals surface area contributed by atoms with E-state index in [4.69, 9.17) is 9.47 Å². The van der Waals surface area contributed by atoms with E-state index in [9.17, 15) is 12.8 Å². The average Bonchev–Trinajstić information content (AvgIpc) is 3.13. The summed E-state index contributed by atoms with van der Waals surface area (Å²) >= 11 is 0. The molecule has 1 aliphatic rings. The van der Waals surface area contributed by atoms with Crippen LogP contribution in [0.1, 0.15) is 13.3 Å². The minimum atomic E-state index is -3.89. The first kappa shape index (κ1) is 19.4. The largest absolute Gasteiger partial charge is 0.491 e. The molecule has 0 bridgehead atoms. The second-order valence-electron chi connectivity index (χ2n) is 6.27. The lowest BCUT2D eigenvalue weighted by Gasteiger charge is -2.19. The van der Waals surface area contributed by atoms with Crippen molar-refractivity contribution in [3.63, 3.8) is 0 Å². The highest BCUT2D eigenvalue weighted by molar-refractivity contribution is 7.92. The number of sulfonamides is 1. The van der Waals surface area contributed by atoms with Gasteiger partial charge < -0.3 is 14.4 Å². The zero-order chi connectivity index (χ0) is 19.4. The van der Waals surface area contributed by atoms with Gasteiger partial charge in [-0.15, -0.1) is 0 Å². The van der Waals surface area contributed by atoms with Crippen molar-refractivity contribution in [2.45, 2.75) is 24.3 Å². The van der Waals surface area contributed by atoms with E-state index in [1.54, 1.807) is 26.2 Å². The van der Waals surface area contributed by atoms with Gasteiger partial charge in [-0.2, -0.15) is 0 Å². The third-order valence-electron chi connectivity index (χ3n) is 4.48. The van der Waals surface area contributed by atoms with Crippen LogP contribution in [0, 0.1) is 5.82 Å². The molecule has 1 aliphatic heterocycles. The molecular formula is C19H23FN2O4S. The molecule has 27 heavy (non-hydrogen) atoms. The highest BCUT2D eigenvalue weighted by Crippen LogP contribution is 2.26. The summed E-state index contributed by atoms with van der Waals surface area (Å²) in [4.78, 5) is 2.03. The maximum absolute atomic E-state index is 14.0.